The van der Waals surface area contributed by atoms with Gasteiger partial charge in [-0.1, -0.05) is 6.07 Å². The molecule has 0 aromatic heterocycles. The normalized spacial score (nSPS) is 19.3. The number of nitrogens with zero attached hydrogens (tertiary/aromatic N) is 1. The summed E-state index contributed by atoms with van der Waals surface area (Å²) in [6.07, 6.45) is 1.65. The summed E-state index contributed by atoms with van der Waals surface area (Å²) >= 11 is 0. The highest BCUT2D eigenvalue weighted by atomic mass is 19.1. The minimum atomic E-state index is -1.42. The Kier molecular flexibility index (Phi) is 3.83. The molecule has 0 spiro atoms. The number of rotatable bonds is 1. The molecule has 1 unspecified atom stereocenters. The van der Waals surface area contributed by atoms with Crippen LogP contribution in [0, 0.1) is 12.7 Å². The number of aryl methyl sites for hydroxylation is 1. The number of carbonyl (C=O) groups excluding carboxylic acids is 1. The molecule has 2 rings (SSSR count). The molecule has 5 heteroatoms. The van der Waals surface area contributed by atoms with Crippen LogP contribution >= 0.6 is 0 Å². The molecule has 19 heavy (non-hydrogen) atoms. The number of piperidine rings is 1. The Morgan fingerprint density at radius 2 is 2.16 bits per heavy atom. The van der Waals surface area contributed by atoms with Gasteiger partial charge in [0.15, 0.2) is 0 Å². The lowest BCUT2D eigenvalue weighted by Gasteiger charge is -2.32. The fraction of sp³-hybridized carbons (Fsp3) is 0.429. The molecule has 0 saturated carbocycles. The highest BCUT2D eigenvalue weighted by Crippen LogP contribution is 2.29. The minimum Gasteiger partial charge on any atom is -0.474 e. The van der Waals surface area contributed by atoms with E-state index in [2.05, 4.69) is 0 Å². The molecule has 1 fully saturated rings. The fourth-order valence-electron chi connectivity index (χ4n) is 2.65. The highest BCUT2D eigenvalue weighted by Gasteiger charge is 2.28. The molecule has 0 radical (unpaired) electrons. The van der Waals surface area contributed by atoms with Crippen molar-refractivity contribution >= 4 is 11.9 Å². The number of halogens is 1. The lowest BCUT2D eigenvalue weighted by atomic mass is 9.88. The van der Waals surface area contributed by atoms with Crippen LogP contribution in [0.1, 0.15) is 29.9 Å². The predicted octanol–water partition coefficient (Wildman–Crippen LogP) is 1.92. The van der Waals surface area contributed by atoms with E-state index >= 15 is 0 Å². The van der Waals surface area contributed by atoms with Gasteiger partial charge >= 0.3 is 11.9 Å². The predicted molar refractivity (Wildman–Crippen MR) is 67.3 cm³/mol. The van der Waals surface area contributed by atoms with Crippen molar-refractivity contribution in [1.82, 2.24) is 4.90 Å². The first-order valence-electron chi connectivity index (χ1n) is 6.27. The van der Waals surface area contributed by atoms with Crippen LogP contribution < -0.4 is 0 Å². The van der Waals surface area contributed by atoms with Crippen LogP contribution in [0.15, 0.2) is 18.2 Å². The van der Waals surface area contributed by atoms with Gasteiger partial charge in [0.1, 0.15) is 5.82 Å². The average molecular weight is 265 g/mol. The Balaban J connectivity index is 2.17. The summed E-state index contributed by atoms with van der Waals surface area (Å²) in [6.45, 7) is 2.69. The number of benzene rings is 1. The zero-order chi connectivity index (χ0) is 14.0. The first-order valence-corrected chi connectivity index (χ1v) is 6.27. The van der Waals surface area contributed by atoms with Crippen molar-refractivity contribution in [1.29, 1.82) is 0 Å². The smallest absolute Gasteiger partial charge is 0.394 e. The second-order valence-corrected chi connectivity index (χ2v) is 4.90. The van der Waals surface area contributed by atoms with E-state index in [0.717, 1.165) is 24.0 Å². The second-order valence-electron chi connectivity index (χ2n) is 4.90. The van der Waals surface area contributed by atoms with E-state index in [9.17, 15) is 14.0 Å². The lowest BCUT2D eigenvalue weighted by Crippen LogP contribution is -2.42. The van der Waals surface area contributed by atoms with Crippen molar-refractivity contribution in [3.63, 3.8) is 0 Å². The topological polar surface area (TPSA) is 57.6 Å². The molecule has 1 aliphatic rings. The Morgan fingerprint density at radius 1 is 1.42 bits per heavy atom. The van der Waals surface area contributed by atoms with E-state index in [0.29, 0.717) is 13.1 Å². The number of carbonyl (C=O) groups is 2. The quantitative estimate of drug-likeness (QED) is 0.789. The summed E-state index contributed by atoms with van der Waals surface area (Å²) in [7, 11) is 0. The van der Waals surface area contributed by atoms with Gasteiger partial charge in [0.05, 0.1) is 0 Å². The summed E-state index contributed by atoms with van der Waals surface area (Å²) in [5.74, 6) is -2.48. The van der Waals surface area contributed by atoms with Crippen molar-refractivity contribution in [2.24, 2.45) is 0 Å². The van der Waals surface area contributed by atoms with Crippen LogP contribution in [0.25, 0.3) is 0 Å². The average Bonchev–Trinajstić information content (AvgIpc) is 2.38. The van der Waals surface area contributed by atoms with Gasteiger partial charge in [-0.3, -0.25) is 4.79 Å². The molecule has 102 valence electrons. The first-order chi connectivity index (χ1) is 8.99. The van der Waals surface area contributed by atoms with Crippen molar-refractivity contribution in [2.45, 2.75) is 25.7 Å². The lowest BCUT2D eigenvalue weighted by molar-refractivity contribution is -0.156. The molecule has 1 amide bonds. The third-order valence-corrected chi connectivity index (χ3v) is 3.56. The van der Waals surface area contributed by atoms with E-state index in [1.54, 1.807) is 6.07 Å². The van der Waals surface area contributed by atoms with Crippen LogP contribution in [-0.4, -0.2) is 35.0 Å². The molecule has 1 atom stereocenters. The molecule has 1 N–H and O–H groups in total. The van der Waals surface area contributed by atoms with Gasteiger partial charge in [-0.05, 0) is 43.0 Å². The first kappa shape index (κ1) is 13.5. The van der Waals surface area contributed by atoms with Crippen LogP contribution in [0.3, 0.4) is 0 Å². The minimum absolute atomic E-state index is 0.0812. The summed E-state index contributed by atoms with van der Waals surface area (Å²) < 4.78 is 13.1. The summed E-state index contributed by atoms with van der Waals surface area (Å²) in [4.78, 5) is 23.6. The van der Waals surface area contributed by atoms with Gasteiger partial charge in [0, 0.05) is 19.0 Å². The van der Waals surface area contributed by atoms with E-state index in [4.69, 9.17) is 5.11 Å². The maximum absolute atomic E-state index is 13.1. The maximum atomic E-state index is 13.1. The van der Waals surface area contributed by atoms with E-state index in [1.807, 2.05) is 6.92 Å². The highest BCUT2D eigenvalue weighted by molar-refractivity contribution is 6.31. The van der Waals surface area contributed by atoms with Crippen molar-refractivity contribution in [3.8, 4) is 0 Å². The summed E-state index contributed by atoms with van der Waals surface area (Å²) in [5, 5.41) is 8.74. The number of likely N-dealkylation sites (tertiary alicyclic amines) is 1. The fourth-order valence-corrected chi connectivity index (χ4v) is 2.65. The van der Waals surface area contributed by atoms with Crippen molar-refractivity contribution in [3.05, 3.63) is 35.1 Å². The number of hydrogen-bond acceptors (Lipinski definition) is 2. The van der Waals surface area contributed by atoms with Crippen LogP contribution in [0.5, 0.6) is 0 Å². The number of amides is 1. The Hall–Kier alpha value is -1.91. The molecule has 1 aromatic rings. The molecule has 0 bridgehead atoms. The van der Waals surface area contributed by atoms with Gasteiger partial charge < -0.3 is 10.0 Å². The standard InChI is InChI=1S/C14H16FNO3/c1-9-7-11(15)4-5-12(9)10-3-2-6-16(8-10)13(17)14(18)19/h4-5,7,10H,2-3,6,8H2,1H3,(H,18,19). The van der Waals surface area contributed by atoms with Crippen molar-refractivity contribution < 1.29 is 19.1 Å². The Labute approximate surface area is 110 Å². The number of aliphatic carboxylic acids is 1. The van der Waals surface area contributed by atoms with Gasteiger partial charge in [0.2, 0.25) is 0 Å². The Bertz CT molecular complexity index is 515. The van der Waals surface area contributed by atoms with Gasteiger partial charge in [-0.25, -0.2) is 9.18 Å². The number of carboxylic acid groups (broad SMARTS) is 1. The summed E-state index contributed by atoms with van der Waals surface area (Å²) in [5.41, 5.74) is 1.83. The summed E-state index contributed by atoms with van der Waals surface area (Å²) in [6, 6.07) is 4.59. The third-order valence-electron chi connectivity index (χ3n) is 3.56. The largest absolute Gasteiger partial charge is 0.474 e. The number of carboxylic acids is 1. The molecule has 0 aliphatic carbocycles. The van der Waals surface area contributed by atoms with Gasteiger partial charge in [-0.2, -0.15) is 0 Å². The van der Waals surface area contributed by atoms with Gasteiger partial charge in [-0.15, -0.1) is 0 Å². The number of hydrogen-bond donors (Lipinski definition) is 1. The Morgan fingerprint density at radius 3 is 2.79 bits per heavy atom. The monoisotopic (exact) mass is 265 g/mol. The second kappa shape index (κ2) is 5.38. The molecular formula is C14H16FNO3. The molecular weight excluding hydrogens is 249 g/mol. The molecule has 1 heterocycles. The van der Waals surface area contributed by atoms with Crippen LogP contribution in [0.4, 0.5) is 4.39 Å². The molecule has 1 saturated heterocycles. The maximum Gasteiger partial charge on any atom is 0.394 e. The zero-order valence-corrected chi connectivity index (χ0v) is 10.7. The molecule has 1 aromatic carbocycles. The molecule has 4 nitrogen and oxygen atoms in total. The third kappa shape index (κ3) is 2.92. The van der Waals surface area contributed by atoms with E-state index in [-0.39, 0.29) is 11.7 Å². The van der Waals surface area contributed by atoms with E-state index < -0.39 is 11.9 Å². The van der Waals surface area contributed by atoms with Crippen LogP contribution in [-0.2, 0) is 9.59 Å². The molecule has 1 aliphatic heterocycles. The zero-order valence-electron chi connectivity index (χ0n) is 10.7. The van der Waals surface area contributed by atoms with Gasteiger partial charge in [0.25, 0.3) is 0 Å². The SMILES string of the molecule is Cc1cc(F)ccc1C1CCCN(C(=O)C(=O)O)C1. The van der Waals surface area contributed by atoms with Crippen molar-refractivity contribution in [2.75, 3.05) is 13.1 Å². The van der Waals surface area contributed by atoms with Crippen LogP contribution in [0.2, 0.25) is 0 Å². The van der Waals surface area contributed by atoms with E-state index in [1.165, 1.54) is 17.0 Å².